The molecule has 0 aliphatic carbocycles. The fraction of sp³-hybridized carbons (Fsp3) is 0.833. The van der Waals surface area contributed by atoms with Crippen LogP contribution in [-0.4, -0.2) is 28.4 Å². The van der Waals surface area contributed by atoms with Crippen molar-refractivity contribution in [3.8, 4) is 0 Å². The highest BCUT2D eigenvalue weighted by Gasteiger charge is 2.25. The summed E-state index contributed by atoms with van der Waals surface area (Å²) < 4.78 is 11.9. The molecule has 1 N–H and O–H groups in total. The van der Waals surface area contributed by atoms with Crippen molar-refractivity contribution in [1.29, 1.82) is 0 Å². The van der Waals surface area contributed by atoms with Crippen molar-refractivity contribution in [1.82, 2.24) is 4.90 Å². The molecule has 0 rings (SSSR count). The SMILES string of the molecule is CC(C)(C)N(CF)C(=O)O. The van der Waals surface area contributed by atoms with E-state index in [0.717, 1.165) is 4.90 Å². The molecule has 0 aromatic rings. The molecule has 0 saturated heterocycles. The average molecular weight is 149 g/mol. The second-order valence-corrected chi connectivity index (χ2v) is 3.00. The van der Waals surface area contributed by atoms with Crippen molar-refractivity contribution in [3.05, 3.63) is 0 Å². The van der Waals surface area contributed by atoms with E-state index in [1.165, 1.54) is 0 Å². The van der Waals surface area contributed by atoms with Crippen LogP contribution < -0.4 is 0 Å². The minimum atomic E-state index is -1.23. The van der Waals surface area contributed by atoms with E-state index in [4.69, 9.17) is 5.11 Å². The molecule has 60 valence electrons. The van der Waals surface area contributed by atoms with Gasteiger partial charge in [0.2, 0.25) is 0 Å². The summed E-state index contributed by atoms with van der Waals surface area (Å²) in [6.45, 7) is 3.96. The van der Waals surface area contributed by atoms with E-state index in [1.54, 1.807) is 20.8 Å². The van der Waals surface area contributed by atoms with Gasteiger partial charge in [-0.1, -0.05) is 0 Å². The Morgan fingerprint density at radius 3 is 2.00 bits per heavy atom. The zero-order chi connectivity index (χ0) is 8.36. The number of hydrogen-bond donors (Lipinski definition) is 1. The molecular weight excluding hydrogens is 137 g/mol. The fourth-order valence-electron chi connectivity index (χ4n) is 0.517. The van der Waals surface area contributed by atoms with E-state index < -0.39 is 18.4 Å². The molecule has 0 fully saturated rings. The van der Waals surface area contributed by atoms with Gasteiger partial charge in [0.05, 0.1) is 0 Å². The molecule has 0 unspecified atom stereocenters. The zero-order valence-corrected chi connectivity index (χ0v) is 6.39. The first kappa shape index (κ1) is 9.20. The Labute approximate surface area is 59.4 Å². The third-order valence-corrected chi connectivity index (χ3v) is 1.16. The fourth-order valence-corrected chi connectivity index (χ4v) is 0.517. The van der Waals surface area contributed by atoms with Gasteiger partial charge in [-0.25, -0.2) is 9.18 Å². The lowest BCUT2D eigenvalue weighted by Crippen LogP contribution is -2.44. The topological polar surface area (TPSA) is 40.5 Å². The summed E-state index contributed by atoms with van der Waals surface area (Å²) in [7, 11) is 0. The van der Waals surface area contributed by atoms with E-state index >= 15 is 0 Å². The minimum Gasteiger partial charge on any atom is -0.465 e. The summed E-state index contributed by atoms with van der Waals surface area (Å²) in [5.74, 6) is 0. The van der Waals surface area contributed by atoms with E-state index in [9.17, 15) is 9.18 Å². The molecule has 0 radical (unpaired) electrons. The Morgan fingerprint density at radius 1 is 1.60 bits per heavy atom. The molecule has 0 heterocycles. The van der Waals surface area contributed by atoms with Crippen molar-refractivity contribution in [2.75, 3.05) is 6.80 Å². The number of halogens is 1. The van der Waals surface area contributed by atoms with Crippen molar-refractivity contribution in [2.45, 2.75) is 26.3 Å². The first-order valence-electron chi connectivity index (χ1n) is 2.96. The van der Waals surface area contributed by atoms with Crippen LogP contribution >= 0.6 is 0 Å². The Kier molecular flexibility index (Phi) is 2.63. The molecule has 3 nitrogen and oxygen atoms in total. The number of nitrogens with zero attached hydrogens (tertiary/aromatic N) is 1. The lowest BCUT2D eigenvalue weighted by molar-refractivity contribution is 0.0715. The smallest absolute Gasteiger partial charge is 0.409 e. The predicted molar refractivity (Wildman–Crippen MR) is 35.6 cm³/mol. The van der Waals surface area contributed by atoms with Gasteiger partial charge >= 0.3 is 6.09 Å². The quantitative estimate of drug-likeness (QED) is 0.576. The maximum Gasteiger partial charge on any atom is 0.409 e. The molecule has 0 spiro atoms. The molecular formula is C6H12FNO2. The third-order valence-electron chi connectivity index (χ3n) is 1.16. The molecule has 0 atom stereocenters. The van der Waals surface area contributed by atoms with Crippen LogP contribution in [0.15, 0.2) is 0 Å². The largest absolute Gasteiger partial charge is 0.465 e. The van der Waals surface area contributed by atoms with Gasteiger partial charge < -0.3 is 5.11 Å². The molecule has 0 bridgehead atoms. The molecule has 0 saturated carbocycles. The van der Waals surface area contributed by atoms with Gasteiger partial charge in [-0.05, 0) is 20.8 Å². The Balaban J connectivity index is 4.22. The predicted octanol–water partition coefficient (Wildman–Crippen LogP) is 1.69. The monoisotopic (exact) mass is 149 g/mol. The van der Waals surface area contributed by atoms with Crippen molar-refractivity contribution >= 4 is 6.09 Å². The number of carbonyl (C=O) groups is 1. The van der Waals surface area contributed by atoms with Crippen LogP contribution in [0.4, 0.5) is 9.18 Å². The molecule has 0 aliphatic rings. The summed E-state index contributed by atoms with van der Waals surface area (Å²) in [6.07, 6.45) is -1.23. The van der Waals surface area contributed by atoms with E-state index in [-0.39, 0.29) is 0 Å². The molecule has 10 heavy (non-hydrogen) atoms. The van der Waals surface area contributed by atoms with Crippen molar-refractivity contribution < 1.29 is 14.3 Å². The normalized spacial score (nSPS) is 11.2. The first-order valence-corrected chi connectivity index (χ1v) is 2.96. The highest BCUT2D eigenvalue weighted by atomic mass is 19.1. The highest BCUT2D eigenvalue weighted by molar-refractivity contribution is 5.65. The minimum absolute atomic E-state index is 0.652. The van der Waals surface area contributed by atoms with Crippen molar-refractivity contribution in [2.24, 2.45) is 0 Å². The van der Waals surface area contributed by atoms with Crippen LogP contribution in [0.25, 0.3) is 0 Å². The lowest BCUT2D eigenvalue weighted by atomic mass is 10.1. The van der Waals surface area contributed by atoms with Gasteiger partial charge in [-0.2, -0.15) is 0 Å². The van der Waals surface area contributed by atoms with Gasteiger partial charge in [0.25, 0.3) is 0 Å². The van der Waals surface area contributed by atoms with Gasteiger partial charge in [0.15, 0.2) is 6.80 Å². The van der Waals surface area contributed by atoms with Crippen LogP contribution in [0.5, 0.6) is 0 Å². The second kappa shape index (κ2) is 2.86. The summed E-state index contributed by atoms with van der Waals surface area (Å²) in [4.78, 5) is 11.0. The number of amides is 1. The van der Waals surface area contributed by atoms with Crippen LogP contribution in [0.3, 0.4) is 0 Å². The zero-order valence-electron chi connectivity index (χ0n) is 6.39. The number of rotatable bonds is 1. The van der Waals surface area contributed by atoms with Gasteiger partial charge in [0.1, 0.15) is 0 Å². The molecule has 1 amide bonds. The molecule has 0 aromatic heterocycles. The summed E-state index contributed by atoms with van der Waals surface area (Å²) in [5.41, 5.74) is -0.652. The summed E-state index contributed by atoms with van der Waals surface area (Å²) in [6, 6.07) is 0. The molecule has 4 heteroatoms. The van der Waals surface area contributed by atoms with Crippen LogP contribution in [-0.2, 0) is 0 Å². The molecule has 0 aromatic carbocycles. The Hall–Kier alpha value is -0.800. The van der Waals surface area contributed by atoms with Gasteiger partial charge in [0, 0.05) is 5.54 Å². The number of hydrogen-bond acceptors (Lipinski definition) is 1. The summed E-state index contributed by atoms with van der Waals surface area (Å²) >= 11 is 0. The van der Waals surface area contributed by atoms with Crippen LogP contribution in [0.2, 0.25) is 0 Å². The van der Waals surface area contributed by atoms with Gasteiger partial charge in [-0.3, -0.25) is 4.90 Å². The van der Waals surface area contributed by atoms with E-state index in [0.29, 0.717) is 0 Å². The van der Waals surface area contributed by atoms with Gasteiger partial charge in [-0.15, -0.1) is 0 Å². The van der Waals surface area contributed by atoms with E-state index in [2.05, 4.69) is 0 Å². The Morgan fingerprint density at radius 2 is 2.00 bits per heavy atom. The maximum atomic E-state index is 11.9. The number of alkyl halides is 1. The Bertz CT molecular complexity index is 130. The lowest BCUT2D eigenvalue weighted by Gasteiger charge is -2.29. The highest BCUT2D eigenvalue weighted by Crippen LogP contribution is 2.12. The van der Waals surface area contributed by atoms with E-state index in [1.807, 2.05) is 0 Å². The first-order chi connectivity index (χ1) is 4.39. The average Bonchev–Trinajstić information content (AvgIpc) is 1.60. The second-order valence-electron chi connectivity index (χ2n) is 3.00. The molecule has 0 aliphatic heterocycles. The number of carboxylic acid groups (broad SMARTS) is 1. The third kappa shape index (κ3) is 2.21. The van der Waals surface area contributed by atoms with Crippen LogP contribution in [0, 0.1) is 0 Å². The summed E-state index contributed by atoms with van der Waals surface area (Å²) in [5, 5.41) is 8.39. The maximum absolute atomic E-state index is 11.9. The standard InChI is InChI=1S/C6H12FNO2/c1-6(2,3)8(4-7)5(9)10/h4H2,1-3H3,(H,9,10). The van der Waals surface area contributed by atoms with Crippen molar-refractivity contribution in [3.63, 3.8) is 0 Å². The van der Waals surface area contributed by atoms with Crippen LogP contribution in [0.1, 0.15) is 20.8 Å².